The largest absolute Gasteiger partial charge is 0.384 e. The van der Waals surface area contributed by atoms with E-state index >= 15 is 0 Å². The Morgan fingerprint density at radius 3 is 2.88 bits per heavy atom. The second kappa shape index (κ2) is 6.73. The quantitative estimate of drug-likeness (QED) is 0.770. The molecule has 1 aromatic heterocycles. The van der Waals surface area contributed by atoms with E-state index < -0.39 is 0 Å². The highest BCUT2D eigenvalue weighted by atomic mass is 16.1. The fourth-order valence-electron chi connectivity index (χ4n) is 3.00. The SMILES string of the molecule is O=C(Cc1ccccc1)Nc1cncc(-c2ccc3c(c2)CCN3)n1. The number of carbonyl (C=O) groups excluding carboxylic acids is 1. The van der Waals surface area contributed by atoms with E-state index in [1.54, 1.807) is 12.4 Å². The van der Waals surface area contributed by atoms with Gasteiger partial charge in [0, 0.05) is 17.8 Å². The molecule has 4 rings (SSSR count). The van der Waals surface area contributed by atoms with Crippen LogP contribution in [-0.2, 0) is 17.6 Å². The van der Waals surface area contributed by atoms with Gasteiger partial charge in [0.25, 0.3) is 0 Å². The van der Waals surface area contributed by atoms with Crippen molar-refractivity contribution in [2.24, 2.45) is 0 Å². The van der Waals surface area contributed by atoms with Crippen molar-refractivity contribution in [1.82, 2.24) is 9.97 Å². The van der Waals surface area contributed by atoms with Crippen molar-refractivity contribution >= 4 is 17.4 Å². The molecule has 124 valence electrons. The highest BCUT2D eigenvalue weighted by Gasteiger charge is 2.12. The first-order chi connectivity index (χ1) is 12.3. The molecule has 0 spiro atoms. The van der Waals surface area contributed by atoms with Gasteiger partial charge in [-0.3, -0.25) is 9.78 Å². The summed E-state index contributed by atoms with van der Waals surface area (Å²) >= 11 is 0. The molecule has 1 aliphatic heterocycles. The zero-order valence-corrected chi connectivity index (χ0v) is 13.7. The third-order valence-electron chi connectivity index (χ3n) is 4.22. The van der Waals surface area contributed by atoms with Gasteiger partial charge in [0.2, 0.25) is 5.91 Å². The van der Waals surface area contributed by atoms with Crippen LogP contribution in [0.2, 0.25) is 0 Å². The number of nitrogens with one attached hydrogen (secondary N) is 2. The maximum atomic E-state index is 12.2. The molecule has 3 aromatic rings. The summed E-state index contributed by atoms with van der Waals surface area (Å²) in [6, 6.07) is 15.9. The van der Waals surface area contributed by atoms with Gasteiger partial charge in [-0.1, -0.05) is 36.4 Å². The molecular weight excluding hydrogens is 312 g/mol. The van der Waals surface area contributed by atoms with E-state index in [2.05, 4.69) is 32.7 Å². The van der Waals surface area contributed by atoms with E-state index in [9.17, 15) is 4.79 Å². The Morgan fingerprint density at radius 2 is 2.00 bits per heavy atom. The molecule has 5 heteroatoms. The molecule has 0 saturated carbocycles. The van der Waals surface area contributed by atoms with Gasteiger partial charge in [-0.2, -0.15) is 0 Å². The third kappa shape index (κ3) is 3.50. The second-order valence-electron chi connectivity index (χ2n) is 6.05. The second-order valence-corrected chi connectivity index (χ2v) is 6.05. The summed E-state index contributed by atoms with van der Waals surface area (Å²) in [6.07, 6.45) is 4.62. The van der Waals surface area contributed by atoms with Crippen molar-refractivity contribution in [2.75, 3.05) is 17.2 Å². The maximum absolute atomic E-state index is 12.2. The molecular formula is C20H18N4O. The van der Waals surface area contributed by atoms with Gasteiger partial charge in [-0.25, -0.2) is 4.98 Å². The molecule has 0 atom stereocenters. The normalized spacial score (nSPS) is 12.3. The smallest absolute Gasteiger partial charge is 0.229 e. The zero-order valence-electron chi connectivity index (χ0n) is 13.7. The number of nitrogens with zero attached hydrogens (tertiary/aromatic N) is 2. The van der Waals surface area contributed by atoms with E-state index in [-0.39, 0.29) is 5.91 Å². The Balaban J connectivity index is 1.50. The van der Waals surface area contributed by atoms with E-state index in [0.717, 1.165) is 29.8 Å². The average molecular weight is 330 g/mol. The van der Waals surface area contributed by atoms with Crippen molar-refractivity contribution in [3.8, 4) is 11.3 Å². The number of hydrogen-bond donors (Lipinski definition) is 2. The lowest BCUT2D eigenvalue weighted by Gasteiger charge is -2.08. The highest BCUT2D eigenvalue weighted by Crippen LogP contribution is 2.27. The predicted octanol–water partition coefficient (Wildman–Crippen LogP) is 3.29. The Labute approximate surface area is 146 Å². The minimum Gasteiger partial charge on any atom is -0.384 e. The molecule has 0 saturated heterocycles. The molecule has 1 amide bonds. The Bertz CT molecular complexity index is 909. The van der Waals surface area contributed by atoms with Crippen LogP contribution in [0.3, 0.4) is 0 Å². The van der Waals surface area contributed by atoms with Gasteiger partial charge in [-0.05, 0) is 29.7 Å². The van der Waals surface area contributed by atoms with Gasteiger partial charge in [-0.15, -0.1) is 0 Å². The molecule has 0 aliphatic carbocycles. The van der Waals surface area contributed by atoms with Crippen LogP contribution in [0.1, 0.15) is 11.1 Å². The third-order valence-corrected chi connectivity index (χ3v) is 4.22. The first-order valence-corrected chi connectivity index (χ1v) is 8.31. The average Bonchev–Trinajstić information content (AvgIpc) is 3.10. The zero-order chi connectivity index (χ0) is 17.1. The Morgan fingerprint density at radius 1 is 1.12 bits per heavy atom. The van der Waals surface area contributed by atoms with Gasteiger partial charge in [0.05, 0.1) is 24.5 Å². The minimum absolute atomic E-state index is 0.101. The van der Waals surface area contributed by atoms with Crippen LogP contribution >= 0.6 is 0 Å². The fraction of sp³-hybridized carbons (Fsp3) is 0.150. The van der Waals surface area contributed by atoms with E-state index in [4.69, 9.17) is 0 Å². The van der Waals surface area contributed by atoms with E-state index in [1.807, 2.05) is 36.4 Å². The summed E-state index contributed by atoms with van der Waals surface area (Å²) < 4.78 is 0. The van der Waals surface area contributed by atoms with Gasteiger partial charge < -0.3 is 10.6 Å². The van der Waals surface area contributed by atoms with Gasteiger partial charge in [0.15, 0.2) is 5.82 Å². The van der Waals surface area contributed by atoms with Gasteiger partial charge in [0.1, 0.15) is 0 Å². The first kappa shape index (κ1) is 15.3. The van der Waals surface area contributed by atoms with E-state index in [0.29, 0.717) is 12.2 Å². The molecule has 0 bridgehead atoms. The number of amides is 1. The monoisotopic (exact) mass is 330 g/mol. The summed E-state index contributed by atoms with van der Waals surface area (Å²) in [5, 5.41) is 6.17. The molecule has 0 unspecified atom stereocenters. The van der Waals surface area contributed by atoms with Crippen molar-refractivity contribution in [3.05, 3.63) is 72.1 Å². The predicted molar refractivity (Wildman–Crippen MR) is 98.4 cm³/mol. The topological polar surface area (TPSA) is 66.9 Å². The number of aromatic nitrogens is 2. The van der Waals surface area contributed by atoms with Crippen LogP contribution in [0, 0.1) is 0 Å². The van der Waals surface area contributed by atoms with Crippen LogP contribution in [0.4, 0.5) is 11.5 Å². The van der Waals surface area contributed by atoms with Crippen molar-refractivity contribution in [2.45, 2.75) is 12.8 Å². The minimum atomic E-state index is -0.101. The standard InChI is InChI=1S/C20H18N4O/c25-20(10-14-4-2-1-3-5-14)24-19-13-21-12-18(23-19)15-6-7-17-16(11-15)8-9-22-17/h1-7,11-13,22H,8-10H2,(H,23,24,25). The molecule has 5 nitrogen and oxygen atoms in total. The highest BCUT2D eigenvalue weighted by molar-refractivity contribution is 5.91. The molecule has 2 N–H and O–H groups in total. The number of carbonyl (C=O) groups is 1. The number of benzene rings is 2. The van der Waals surface area contributed by atoms with Crippen molar-refractivity contribution in [1.29, 1.82) is 0 Å². The summed E-state index contributed by atoms with van der Waals surface area (Å²) in [5.41, 5.74) is 5.21. The maximum Gasteiger partial charge on any atom is 0.229 e. The number of anilines is 2. The molecule has 2 heterocycles. The summed E-state index contributed by atoms with van der Waals surface area (Å²) in [6.45, 7) is 0.972. The number of fused-ring (bicyclic) bond motifs is 1. The molecule has 25 heavy (non-hydrogen) atoms. The molecule has 2 aromatic carbocycles. The number of rotatable bonds is 4. The van der Waals surface area contributed by atoms with Gasteiger partial charge >= 0.3 is 0 Å². The van der Waals surface area contributed by atoms with Crippen molar-refractivity contribution in [3.63, 3.8) is 0 Å². The molecule has 0 radical (unpaired) electrons. The van der Waals surface area contributed by atoms with Crippen molar-refractivity contribution < 1.29 is 4.79 Å². The Kier molecular flexibility index (Phi) is 4.12. The van der Waals surface area contributed by atoms with Crippen LogP contribution in [0.15, 0.2) is 60.9 Å². The van der Waals surface area contributed by atoms with Crippen LogP contribution in [-0.4, -0.2) is 22.4 Å². The van der Waals surface area contributed by atoms with Crippen LogP contribution < -0.4 is 10.6 Å². The lowest BCUT2D eigenvalue weighted by Crippen LogP contribution is -2.15. The molecule has 1 aliphatic rings. The number of hydrogen-bond acceptors (Lipinski definition) is 4. The fourth-order valence-corrected chi connectivity index (χ4v) is 3.00. The lowest BCUT2D eigenvalue weighted by molar-refractivity contribution is -0.115. The first-order valence-electron chi connectivity index (χ1n) is 8.31. The summed E-state index contributed by atoms with van der Waals surface area (Å²) in [5.74, 6) is 0.368. The summed E-state index contributed by atoms with van der Waals surface area (Å²) in [4.78, 5) is 21.0. The lowest BCUT2D eigenvalue weighted by atomic mass is 10.1. The summed E-state index contributed by atoms with van der Waals surface area (Å²) in [7, 11) is 0. The van der Waals surface area contributed by atoms with Crippen LogP contribution in [0.25, 0.3) is 11.3 Å². The molecule has 0 fully saturated rings. The van der Waals surface area contributed by atoms with E-state index in [1.165, 1.54) is 11.3 Å². The Hall–Kier alpha value is -3.21. The van der Waals surface area contributed by atoms with Crippen LogP contribution in [0.5, 0.6) is 0 Å².